The van der Waals surface area contributed by atoms with Gasteiger partial charge in [-0.3, -0.25) is 14.4 Å². The molecule has 0 bridgehead atoms. The number of hydrogen-bond acceptors (Lipinski definition) is 7. The van der Waals surface area contributed by atoms with Crippen molar-refractivity contribution in [3.8, 4) is 22.0 Å². The van der Waals surface area contributed by atoms with E-state index in [9.17, 15) is 14.4 Å². The molecular weight excluding hydrogens is 406 g/mol. The number of nitrogens with zero attached hydrogens (tertiary/aromatic N) is 4. The van der Waals surface area contributed by atoms with Crippen molar-refractivity contribution in [3.63, 3.8) is 0 Å². The zero-order valence-corrected chi connectivity index (χ0v) is 16.5. The Kier molecular flexibility index (Phi) is 5.66. The standard InChI is InChI=1S/C20H17N5O4S/c26-18(13-25-20(28)8-6-15(23-25)17-4-2-12-30-17)21-9-10-24-19(27)7-5-14(22-24)16-3-1-11-29-16/h1-8,11-12H,9-10,13H2,(H,21,26). The number of rotatable bonds is 7. The second kappa shape index (κ2) is 8.70. The summed E-state index contributed by atoms with van der Waals surface area (Å²) in [6.45, 7) is 0.135. The first-order chi connectivity index (χ1) is 14.6. The van der Waals surface area contributed by atoms with E-state index in [0.717, 1.165) is 9.56 Å². The third kappa shape index (κ3) is 4.44. The molecule has 30 heavy (non-hydrogen) atoms. The van der Waals surface area contributed by atoms with Crippen molar-refractivity contribution in [1.82, 2.24) is 24.9 Å². The number of furan rings is 1. The van der Waals surface area contributed by atoms with Crippen LogP contribution in [0.15, 0.2) is 74.2 Å². The Balaban J connectivity index is 1.38. The number of amides is 1. The molecule has 1 amide bonds. The molecule has 152 valence electrons. The van der Waals surface area contributed by atoms with E-state index in [4.69, 9.17) is 4.42 Å². The minimum atomic E-state index is -0.386. The number of aromatic nitrogens is 4. The molecular formula is C20H17N5O4S. The summed E-state index contributed by atoms with van der Waals surface area (Å²) >= 11 is 1.50. The molecule has 1 N–H and O–H groups in total. The van der Waals surface area contributed by atoms with Crippen LogP contribution in [0.1, 0.15) is 0 Å². The van der Waals surface area contributed by atoms with Gasteiger partial charge in [-0.1, -0.05) is 6.07 Å². The molecule has 0 aliphatic heterocycles. The van der Waals surface area contributed by atoms with E-state index < -0.39 is 0 Å². The highest BCUT2D eigenvalue weighted by molar-refractivity contribution is 7.13. The minimum absolute atomic E-state index is 0.173. The molecule has 0 saturated carbocycles. The summed E-state index contributed by atoms with van der Waals surface area (Å²) < 4.78 is 7.65. The maximum Gasteiger partial charge on any atom is 0.267 e. The predicted octanol–water partition coefficient (Wildman–Crippen LogP) is 1.60. The van der Waals surface area contributed by atoms with Crippen molar-refractivity contribution in [2.75, 3.05) is 6.54 Å². The van der Waals surface area contributed by atoms with E-state index in [0.29, 0.717) is 17.1 Å². The van der Waals surface area contributed by atoms with Crippen molar-refractivity contribution in [3.05, 3.63) is 80.9 Å². The van der Waals surface area contributed by atoms with Crippen molar-refractivity contribution in [1.29, 1.82) is 0 Å². The van der Waals surface area contributed by atoms with Crippen LogP contribution in [0.2, 0.25) is 0 Å². The lowest BCUT2D eigenvalue weighted by atomic mass is 10.3. The van der Waals surface area contributed by atoms with Crippen LogP contribution in [0.3, 0.4) is 0 Å². The fourth-order valence-corrected chi connectivity index (χ4v) is 3.47. The van der Waals surface area contributed by atoms with Gasteiger partial charge in [-0.2, -0.15) is 10.2 Å². The third-order valence-electron chi connectivity index (χ3n) is 4.22. The first-order valence-corrected chi connectivity index (χ1v) is 9.99. The van der Waals surface area contributed by atoms with Gasteiger partial charge < -0.3 is 9.73 Å². The first-order valence-electron chi connectivity index (χ1n) is 9.11. The Morgan fingerprint density at radius 1 is 0.967 bits per heavy atom. The third-order valence-corrected chi connectivity index (χ3v) is 5.11. The quantitative estimate of drug-likeness (QED) is 0.483. The summed E-state index contributed by atoms with van der Waals surface area (Å²) in [6.07, 6.45) is 1.52. The lowest BCUT2D eigenvalue weighted by molar-refractivity contribution is -0.121. The average molecular weight is 423 g/mol. The van der Waals surface area contributed by atoms with Crippen LogP contribution in [0, 0.1) is 0 Å². The lowest BCUT2D eigenvalue weighted by Crippen LogP contribution is -2.36. The van der Waals surface area contributed by atoms with Gasteiger partial charge in [0.15, 0.2) is 5.76 Å². The summed E-state index contributed by atoms with van der Waals surface area (Å²) in [5.41, 5.74) is 0.491. The number of thiophene rings is 1. The SMILES string of the molecule is O=C(Cn1nc(-c2cccs2)ccc1=O)NCCn1nc(-c2ccco2)ccc1=O. The van der Waals surface area contributed by atoms with Crippen molar-refractivity contribution >= 4 is 17.2 Å². The maximum atomic E-state index is 12.3. The largest absolute Gasteiger partial charge is 0.463 e. The Morgan fingerprint density at radius 3 is 2.47 bits per heavy atom. The Hall–Kier alpha value is -3.79. The smallest absolute Gasteiger partial charge is 0.267 e. The van der Waals surface area contributed by atoms with Crippen LogP contribution in [0.4, 0.5) is 0 Å². The Bertz CT molecular complexity index is 1260. The van der Waals surface area contributed by atoms with Crippen LogP contribution < -0.4 is 16.4 Å². The topological polar surface area (TPSA) is 112 Å². The number of carbonyl (C=O) groups excluding carboxylic acids is 1. The second-order valence-electron chi connectivity index (χ2n) is 6.30. The zero-order valence-electron chi connectivity index (χ0n) is 15.7. The molecule has 4 aromatic heterocycles. The molecule has 9 nitrogen and oxygen atoms in total. The highest BCUT2D eigenvalue weighted by atomic mass is 32.1. The molecule has 0 atom stereocenters. The number of nitrogens with one attached hydrogen (secondary N) is 1. The van der Waals surface area contributed by atoms with Gasteiger partial charge in [-0.25, -0.2) is 9.36 Å². The first kappa shape index (κ1) is 19.5. The molecule has 0 saturated heterocycles. The summed E-state index contributed by atoms with van der Waals surface area (Å²) in [6, 6.07) is 13.3. The van der Waals surface area contributed by atoms with Crippen LogP contribution in [0.25, 0.3) is 22.0 Å². The van der Waals surface area contributed by atoms with Gasteiger partial charge in [0.05, 0.1) is 17.7 Å². The zero-order chi connectivity index (χ0) is 20.9. The summed E-state index contributed by atoms with van der Waals surface area (Å²) in [4.78, 5) is 37.2. The second-order valence-corrected chi connectivity index (χ2v) is 7.25. The van der Waals surface area contributed by atoms with Gasteiger partial charge in [0.1, 0.15) is 17.9 Å². The molecule has 0 aliphatic rings. The van der Waals surface area contributed by atoms with E-state index in [1.54, 1.807) is 24.3 Å². The fourth-order valence-electron chi connectivity index (χ4n) is 2.78. The summed E-state index contributed by atoms with van der Waals surface area (Å²) in [5, 5.41) is 13.1. The molecule has 0 spiro atoms. The van der Waals surface area contributed by atoms with Crippen LogP contribution >= 0.6 is 11.3 Å². The van der Waals surface area contributed by atoms with E-state index in [-0.39, 0.29) is 36.7 Å². The highest BCUT2D eigenvalue weighted by Gasteiger charge is 2.09. The molecule has 4 aromatic rings. The van der Waals surface area contributed by atoms with Crippen LogP contribution in [0.5, 0.6) is 0 Å². The molecule has 0 aliphatic carbocycles. The van der Waals surface area contributed by atoms with Crippen molar-refractivity contribution < 1.29 is 9.21 Å². The molecule has 4 heterocycles. The molecule has 10 heteroatoms. The Morgan fingerprint density at radius 2 is 1.73 bits per heavy atom. The normalized spacial score (nSPS) is 10.8. The minimum Gasteiger partial charge on any atom is -0.463 e. The molecule has 0 unspecified atom stereocenters. The summed E-state index contributed by atoms with van der Waals surface area (Å²) in [5.74, 6) is 0.159. The van der Waals surface area contributed by atoms with Gasteiger partial charge >= 0.3 is 0 Å². The maximum absolute atomic E-state index is 12.3. The molecule has 0 fully saturated rings. The van der Waals surface area contributed by atoms with Crippen LogP contribution in [-0.4, -0.2) is 32.0 Å². The number of carbonyl (C=O) groups is 1. The monoisotopic (exact) mass is 423 g/mol. The van der Waals surface area contributed by atoms with Gasteiger partial charge in [-0.05, 0) is 35.7 Å². The van der Waals surface area contributed by atoms with Gasteiger partial charge in [0.25, 0.3) is 11.1 Å². The number of hydrogen-bond donors (Lipinski definition) is 1. The Labute approximate surface area is 174 Å². The summed E-state index contributed by atoms with van der Waals surface area (Å²) in [7, 11) is 0. The highest BCUT2D eigenvalue weighted by Crippen LogP contribution is 2.21. The van der Waals surface area contributed by atoms with Crippen molar-refractivity contribution in [2.24, 2.45) is 0 Å². The van der Waals surface area contributed by atoms with Crippen LogP contribution in [-0.2, 0) is 17.9 Å². The van der Waals surface area contributed by atoms with Gasteiger partial charge in [-0.15, -0.1) is 11.3 Å². The lowest BCUT2D eigenvalue weighted by Gasteiger charge is -2.09. The molecule has 4 rings (SSSR count). The fraction of sp³-hybridized carbons (Fsp3) is 0.150. The molecule has 0 radical (unpaired) electrons. The van der Waals surface area contributed by atoms with Gasteiger partial charge in [0, 0.05) is 18.7 Å². The van der Waals surface area contributed by atoms with E-state index >= 15 is 0 Å². The molecule has 0 aromatic carbocycles. The predicted molar refractivity (Wildman–Crippen MR) is 111 cm³/mol. The van der Waals surface area contributed by atoms with Crippen molar-refractivity contribution in [2.45, 2.75) is 13.1 Å². The van der Waals surface area contributed by atoms with E-state index in [1.807, 2.05) is 17.5 Å². The van der Waals surface area contributed by atoms with Gasteiger partial charge in [0.2, 0.25) is 5.91 Å². The average Bonchev–Trinajstić information content (AvgIpc) is 3.45. The van der Waals surface area contributed by atoms with E-state index in [2.05, 4.69) is 15.5 Å². The van der Waals surface area contributed by atoms with E-state index in [1.165, 1.54) is 34.4 Å².